The highest BCUT2D eigenvalue weighted by Crippen LogP contribution is 2.26. The molecule has 1 aromatic carbocycles. The van der Waals surface area contributed by atoms with Gasteiger partial charge in [-0.1, -0.05) is 17.3 Å². The molecule has 7 heteroatoms. The molecular weight excluding hydrogens is 360 g/mol. The van der Waals surface area contributed by atoms with E-state index in [0.29, 0.717) is 17.9 Å². The maximum absolute atomic E-state index is 9.54. The van der Waals surface area contributed by atoms with Gasteiger partial charge in [0.25, 0.3) is 5.89 Å². The number of likely N-dealkylation sites (N-methyl/N-ethyl adjacent to an activating group) is 1. The summed E-state index contributed by atoms with van der Waals surface area (Å²) in [6, 6.07) is 12.0. The van der Waals surface area contributed by atoms with E-state index in [2.05, 4.69) is 21.1 Å². The van der Waals surface area contributed by atoms with Gasteiger partial charge in [0, 0.05) is 18.8 Å². The smallest absolute Gasteiger partial charge is 0.268 e. The molecule has 27 heavy (non-hydrogen) atoms. The Kier molecular flexibility index (Phi) is 6.01. The highest BCUT2D eigenvalue weighted by Gasteiger charge is 2.14. The van der Waals surface area contributed by atoms with Gasteiger partial charge in [-0.05, 0) is 54.6 Å². The molecule has 0 spiro atoms. The average Bonchev–Trinajstić information content (AvgIpc) is 3.36. The van der Waals surface area contributed by atoms with Crippen LogP contribution >= 0.6 is 11.3 Å². The van der Waals surface area contributed by atoms with Gasteiger partial charge in [0.15, 0.2) is 0 Å². The first-order chi connectivity index (χ1) is 13.2. The van der Waals surface area contributed by atoms with Gasteiger partial charge < -0.3 is 14.5 Å². The van der Waals surface area contributed by atoms with Crippen LogP contribution < -0.4 is 4.90 Å². The molecule has 0 radical (unpaired) electrons. The second kappa shape index (κ2) is 8.62. The van der Waals surface area contributed by atoms with Crippen molar-refractivity contribution in [1.29, 1.82) is 5.26 Å². The number of aromatic nitrogens is 2. The normalized spacial score (nSPS) is 11.4. The third kappa shape index (κ3) is 4.25. The summed E-state index contributed by atoms with van der Waals surface area (Å²) in [5, 5.41) is 24.6. The Morgan fingerprint density at radius 1 is 1.41 bits per heavy atom. The fraction of sp³-hybridized carbons (Fsp3) is 0.250. The molecule has 0 aliphatic heterocycles. The Hall–Kier alpha value is -2.95. The molecular formula is C20H20N4O2S. The number of aryl methyl sites for hydroxylation is 1. The zero-order valence-corrected chi connectivity index (χ0v) is 16.0. The summed E-state index contributed by atoms with van der Waals surface area (Å²) in [6.07, 6.45) is 1.76. The van der Waals surface area contributed by atoms with E-state index in [1.165, 1.54) is 11.3 Å². The second-order valence-electron chi connectivity index (χ2n) is 5.91. The molecule has 0 amide bonds. The fourth-order valence-corrected chi connectivity index (χ4v) is 3.39. The maximum atomic E-state index is 9.54. The molecule has 0 aliphatic rings. The zero-order chi connectivity index (χ0) is 19.2. The Bertz CT molecular complexity index is 970. The molecule has 0 atom stereocenters. The summed E-state index contributed by atoms with van der Waals surface area (Å²) in [4.78, 5) is 7.33. The fourth-order valence-electron chi connectivity index (χ4n) is 2.75. The Balaban J connectivity index is 1.89. The third-order valence-electron chi connectivity index (χ3n) is 4.19. The number of aliphatic hydroxyl groups excluding tert-OH is 1. The minimum atomic E-state index is 0.108. The number of thiophene rings is 1. The summed E-state index contributed by atoms with van der Waals surface area (Å²) < 4.78 is 5.28. The average molecular weight is 380 g/mol. The molecule has 0 aliphatic carbocycles. The number of aliphatic hydroxyl groups is 1. The lowest BCUT2D eigenvalue weighted by atomic mass is 10.0. The van der Waals surface area contributed by atoms with E-state index in [-0.39, 0.29) is 12.5 Å². The molecule has 0 unspecified atom stereocenters. The quantitative estimate of drug-likeness (QED) is 0.624. The number of rotatable bonds is 7. The highest BCUT2D eigenvalue weighted by atomic mass is 32.1. The van der Waals surface area contributed by atoms with Crippen molar-refractivity contribution in [2.24, 2.45) is 0 Å². The van der Waals surface area contributed by atoms with Gasteiger partial charge in [0.2, 0.25) is 5.82 Å². The van der Waals surface area contributed by atoms with Gasteiger partial charge in [-0.25, -0.2) is 0 Å². The van der Waals surface area contributed by atoms with Crippen molar-refractivity contribution in [3.8, 4) is 16.8 Å². The first-order valence-electron chi connectivity index (χ1n) is 8.62. The van der Waals surface area contributed by atoms with E-state index < -0.39 is 0 Å². The number of nitrogens with zero attached hydrogens (tertiary/aromatic N) is 4. The standard InChI is InChI=1S/C20H20N4O2S/c1-3-24(8-9-25)17-7-6-15(14(2)11-17)12-16(13-21)20-22-19(23-26-20)18-5-4-10-27-18/h4-7,10-12,25H,3,8-9H2,1-2H3/b16-12+. The lowest BCUT2D eigenvalue weighted by molar-refractivity contribution is 0.302. The number of benzene rings is 1. The molecule has 3 aromatic rings. The van der Waals surface area contributed by atoms with Gasteiger partial charge in [-0.15, -0.1) is 11.3 Å². The zero-order valence-electron chi connectivity index (χ0n) is 15.2. The molecule has 2 aromatic heterocycles. The molecule has 138 valence electrons. The molecule has 0 saturated heterocycles. The lowest BCUT2D eigenvalue weighted by Crippen LogP contribution is -2.26. The van der Waals surface area contributed by atoms with Crippen molar-refractivity contribution in [1.82, 2.24) is 10.1 Å². The number of hydrogen-bond acceptors (Lipinski definition) is 7. The van der Waals surface area contributed by atoms with E-state index in [0.717, 1.165) is 28.2 Å². The van der Waals surface area contributed by atoms with Crippen LogP contribution in [0.4, 0.5) is 5.69 Å². The van der Waals surface area contributed by atoms with E-state index >= 15 is 0 Å². The molecule has 0 bridgehead atoms. The van der Waals surface area contributed by atoms with Crippen molar-refractivity contribution in [2.75, 3.05) is 24.6 Å². The Labute approximate surface area is 162 Å². The van der Waals surface area contributed by atoms with Crippen molar-refractivity contribution < 1.29 is 9.63 Å². The van der Waals surface area contributed by atoms with E-state index in [1.54, 1.807) is 6.08 Å². The van der Waals surface area contributed by atoms with Crippen LogP contribution in [0.1, 0.15) is 23.9 Å². The molecule has 0 saturated carbocycles. The van der Waals surface area contributed by atoms with Crippen molar-refractivity contribution in [3.05, 3.63) is 52.7 Å². The SMILES string of the molecule is CCN(CCO)c1ccc(/C=C(\C#N)c2nc(-c3cccs3)no2)c(C)c1. The van der Waals surface area contributed by atoms with Crippen molar-refractivity contribution >= 4 is 28.7 Å². The lowest BCUT2D eigenvalue weighted by Gasteiger charge is -2.22. The summed E-state index contributed by atoms with van der Waals surface area (Å²) in [6.45, 7) is 5.54. The van der Waals surface area contributed by atoms with Crippen LogP contribution in [0.2, 0.25) is 0 Å². The van der Waals surface area contributed by atoms with Gasteiger partial charge in [0.05, 0.1) is 11.5 Å². The van der Waals surface area contributed by atoms with Crippen LogP contribution in [0.3, 0.4) is 0 Å². The largest absolute Gasteiger partial charge is 0.395 e. The van der Waals surface area contributed by atoms with Gasteiger partial charge in [0.1, 0.15) is 11.6 Å². The van der Waals surface area contributed by atoms with Crippen LogP contribution in [0, 0.1) is 18.3 Å². The predicted octanol–water partition coefficient (Wildman–Crippen LogP) is 3.99. The van der Waals surface area contributed by atoms with Crippen LogP contribution in [0.15, 0.2) is 40.2 Å². The van der Waals surface area contributed by atoms with Crippen LogP contribution in [0.5, 0.6) is 0 Å². The first-order valence-corrected chi connectivity index (χ1v) is 9.50. The molecule has 6 nitrogen and oxygen atoms in total. The van der Waals surface area contributed by atoms with Gasteiger partial charge in [-0.2, -0.15) is 10.2 Å². The topological polar surface area (TPSA) is 86.2 Å². The van der Waals surface area contributed by atoms with Gasteiger partial charge in [-0.3, -0.25) is 0 Å². The number of anilines is 1. The molecule has 1 N–H and O–H groups in total. The summed E-state index contributed by atoms with van der Waals surface area (Å²) in [5.74, 6) is 0.690. The van der Waals surface area contributed by atoms with E-state index in [1.807, 2.05) is 49.6 Å². The highest BCUT2D eigenvalue weighted by molar-refractivity contribution is 7.13. The second-order valence-corrected chi connectivity index (χ2v) is 6.86. The summed E-state index contributed by atoms with van der Waals surface area (Å²) >= 11 is 1.52. The first kappa shape index (κ1) is 18.8. The Morgan fingerprint density at radius 3 is 2.89 bits per heavy atom. The number of hydrogen-bond donors (Lipinski definition) is 1. The summed E-state index contributed by atoms with van der Waals surface area (Å²) in [5.41, 5.74) is 3.29. The monoisotopic (exact) mass is 380 g/mol. The number of nitriles is 1. The van der Waals surface area contributed by atoms with E-state index in [9.17, 15) is 10.4 Å². The van der Waals surface area contributed by atoms with Crippen molar-refractivity contribution in [3.63, 3.8) is 0 Å². The number of allylic oxidation sites excluding steroid dienone is 1. The maximum Gasteiger partial charge on any atom is 0.268 e. The predicted molar refractivity (Wildman–Crippen MR) is 107 cm³/mol. The minimum Gasteiger partial charge on any atom is -0.395 e. The van der Waals surface area contributed by atoms with Gasteiger partial charge >= 0.3 is 0 Å². The van der Waals surface area contributed by atoms with Crippen molar-refractivity contribution in [2.45, 2.75) is 13.8 Å². The third-order valence-corrected chi connectivity index (χ3v) is 5.05. The van der Waals surface area contributed by atoms with E-state index in [4.69, 9.17) is 4.52 Å². The Morgan fingerprint density at radius 2 is 2.26 bits per heavy atom. The minimum absolute atomic E-state index is 0.108. The van der Waals surface area contributed by atoms with Crippen LogP contribution in [-0.2, 0) is 0 Å². The summed E-state index contributed by atoms with van der Waals surface area (Å²) in [7, 11) is 0. The molecule has 0 fully saturated rings. The van der Waals surface area contributed by atoms with Crippen LogP contribution in [-0.4, -0.2) is 34.9 Å². The molecule has 3 rings (SSSR count). The molecule has 2 heterocycles. The van der Waals surface area contributed by atoms with Crippen LogP contribution in [0.25, 0.3) is 22.4 Å².